The van der Waals surface area contributed by atoms with Crippen LogP contribution in [0, 0.1) is 0 Å². The summed E-state index contributed by atoms with van der Waals surface area (Å²) in [6.07, 6.45) is 3.76. The molecule has 0 spiro atoms. The van der Waals surface area contributed by atoms with Crippen molar-refractivity contribution in [2.45, 2.75) is 39.5 Å². The Kier molecular flexibility index (Phi) is 7.30. The number of halogens is 1. The van der Waals surface area contributed by atoms with Crippen molar-refractivity contribution >= 4 is 42.7 Å². The number of nitrogens with one attached hydrogen (secondary N) is 1. The van der Waals surface area contributed by atoms with Gasteiger partial charge in [-0.05, 0) is 31.4 Å². The second kappa shape index (κ2) is 9.56. The molecule has 0 amide bonds. The van der Waals surface area contributed by atoms with E-state index < -0.39 is 8.15 Å². The minimum atomic E-state index is -0.552. The van der Waals surface area contributed by atoms with Crippen LogP contribution in [-0.4, -0.2) is 27.8 Å². The predicted octanol–water partition coefficient (Wildman–Crippen LogP) is 6.58. The number of nitrogens with zero attached hydrogens (tertiary/aromatic N) is 3. The minimum absolute atomic E-state index is 0.111. The van der Waals surface area contributed by atoms with E-state index in [9.17, 15) is 0 Å². The molecule has 30 heavy (non-hydrogen) atoms. The van der Waals surface area contributed by atoms with Crippen molar-refractivity contribution in [3.8, 4) is 21.8 Å². The predicted molar refractivity (Wildman–Crippen MR) is 129 cm³/mol. The Morgan fingerprint density at radius 2 is 2.00 bits per heavy atom. The molecule has 1 aromatic carbocycles. The lowest BCUT2D eigenvalue weighted by Crippen LogP contribution is -2.10. The highest BCUT2D eigenvalue weighted by molar-refractivity contribution is 7.51. The second-order valence-electron chi connectivity index (χ2n) is 7.96. The summed E-state index contributed by atoms with van der Waals surface area (Å²) in [5, 5.41) is 1.56. The number of thiazole rings is 1. The molecule has 2 heterocycles. The number of anilines is 2. The molecule has 0 saturated carbocycles. The van der Waals surface area contributed by atoms with Crippen molar-refractivity contribution in [2.24, 2.45) is 0 Å². The van der Waals surface area contributed by atoms with E-state index in [1.165, 1.54) is 0 Å². The van der Waals surface area contributed by atoms with Gasteiger partial charge < -0.3 is 5.73 Å². The largest absolute Gasteiger partial charge is 0.368 e. The quantitative estimate of drug-likeness (QED) is 0.304. The van der Waals surface area contributed by atoms with Gasteiger partial charge in [-0.2, -0.15) is 0 Å². The van der Waals surface area contributed by atoms with Crippen molar-refractivity contribution in [3.05, 3.63) is 40.5 Å². The number of rotatable bonds is 7. The first-order valence-electron chi connectivity index (χ1n) is 9.74. The van der Waals surface area contributed by atoms with Crippen molar-refractivity contribution < 1.29 is 4.62 Å². The summed E-state index contributed by atoms with van der Waals surface area (Å²) in [6, 6.07) is 7.65. The first kappa shape index (κ1) is 22.9. The second-order valence-corrected chi connectivity index (χ2v) is 11.2. The molecule has 0 fully saturated rings. The van der Waals surface area contributed by atoms with Gasteiger partial charge in [0.2, 0.25) is 5.95 Å². The van der Waals surface area contributed by atoms with Crippen molar-refractivity contribution in [2.75, 3.05) is 24.0 Å². The summed E-state index contributed by atoms with van der Waals surface area (Å²) in [7, 11) is -0.552. The number of benzene rings is 1. The third kappa shape index (κ3) is 5.27. The molecule has 160 valence electrons. The van der Waals surface area contributed by atoms with Gasteiger partial charge in [-0.1, -0.05) is 51.4 Å². The van der Waals surface area contributed by atoms with Crippen LogP contribution in [0.25, 0.3) is 21.8 Å². The third-order valence-corrected chi connectivity index (χ3v) is 7.67. The van der Waals surface area contributed by atoms with Crippen molar-refractivity contribution in [1.82, 2.24) is 15.0 Å². The van der Waals surface area contributed by atoms with E-state index in [2.05, 4.69) is 49.8 Å². The van der Waals surface area contributed by atoms with Crippen LogP contribution >= 0.6 is 31.1 Å². The van der Waals surface area contributed by atoms with Gasteiger partial charge in [-0.15, -0.1) is 11.3 Å². The fourth-order valence-corrected chi connectivity index (χ4v) is 5.11. The molecule has 0 bridgehead atoms. The Labute approximate surface area is 188 Å². The lowest BCUT2D eigenvalue weighted by Gasteiger charge is -2.15. The maximum Gasteiger partial charge on any atom is 0.220 e. The summed E-state index contributed by atoms with van der Waals surface area (Å²) < 4.78 is 5.81. The molecule has 3 N–H and O–H groups in total. The maximum absolute atomic E-state index is 6.79. The third-order valence-electron chi connectivity index (χ3n) is 4.28. The molecule has 0 radical (unpaired) electrons. The highest BCUT2D eigenvalue weighted by Crippen LogP contribution is 2.44. The van der Waals surface area contributed by atoms with Crippen LogP contribution in [-0.2, 0) is 10.0 Å². The van der Waals surface area contributed by atoms with Gasteiger partial charge in [0.25, 0.3) is 0 Å². The Morgan fingerprint density at radius 1 is 1.23 bits per heavy atom. The number of hydrogen-bond donors (Lipinski definition) is 2. The fourth-order valence-electron chi connectivity index (χ4n) is 2.78. The zero-order chi connectivity index (χ0) is 21.9. The molecule has 1 unspecified atom stereocenters. The van der Waals surface area contributed by atoms with Gasteiger partial charge in [0, 0.05) is 17.2 Å². The summed E-state index contributed by atoms with van der Waals surface area (Å²) in [5.41, 5.74) is 11.8. The molecule has 3 aromatic rings. The van der Waals surface area contributed by atoms with E-state index in [4.69, 9.17) is 26.9 Å². The van der Waals surface area contributed by atoms with Crippen LogP contribution in [0.3, 0.4) is 0 Å². The Hall–Kier alpha value is -1.79. The highest BCUT2D eigenvalue weighted by atomic mass is 35.5. The van der Waals surface area contributed by atoms with Gasteiger partial charge in [0.1, 0.15) is 0 Å². The Morgan fingerprint density at radius 3 is 2.67 bits per heavy atom. The Balaban J connectivity index is 2.06. The van der Waals surface area contributed by atoms with E-state index in [-0.39, 0.29) is 11.4 Å². The highest BCUT2D eigenvalue weighted by Gasteiger charge is 2.25. The minimum Gasteiger partial charge on any atom is -0.368 e. The van der Waals surface area contributed by atoms with Crippen molar-refractivity contribution in [1.29, 1.82) is 0 Å². The molecule has 0 aliphatic carbocycles. The van der Waals surface area contributed by atoms with E-state index >= 15 is 0 Å². The molecule has 0 aliphatic heterocycles. The van der Waals surface area contributed by atoms with Gasteiger partial charge >= 0.3 is 0 Å². The van der Waals surface area contributed by atoms with Crippen LogP contribution in [0.2, 0.25) is 5.02 Å². The van der Waals surface area contributed by atoms with Crippen LogP contribution in [0.15, 0.2) is 30.5 Å². The first-order chi connectivity index (χ1) is 14.2. The molecule has 0 aliphatic rings. The summed E-state index contributed by atoms with van der Waals surface area (Å²) in [5.74, 6) is 0.228. The monoisotopic (exact) mass is 463 g/mol. The topological polar surface area (TPSA) is 86.0 Å². The van der Waals surface area contributed by atoms with Crippen LogP contribution in [0.5, 0.6) is 0 Å². The van der Waals surface area contributed by atoms with Crippen LogP contribution in [0.1, 0.15) is 39.1 Å². The number of nitrogen functional groups attached to an aromatic ring is 1. The molecule has 1 atom stereocenters. The van der Waals surface area contributed by atoms with E-state index in [1.54, 1.807) is 17.5 Å². The average molecular weight is 464 g/mol. The first-order valence-corrected chi connectivity index (χ1v) is 12.8. The van der Waals surface area contributed by atoms with Crippen LogP contribution < -0.4 is 11.2 Å². The van der Waals surface area contributed by atoms with Crippen molar-refractivity contribution in [3.63, 3.8) is 0 Å². The summed E-state index contributed by atoms with van der Waals surface area (Å²) in [4.78, 5) is 14.3. The zero-order valence-electron chi connectivity index (χ0n) is 17.9. The molecule has 6 nitrogen and oxygen atoms in total. The standard InChI is InChI=1S/C21H27ClN5OPS/c1-6-12-29(5)28-27-14-9-7-8-13(16(14)22)17-18(15-10-11-24-20(23)25-15)30-19(26-17)21(2,3)4/h7-11,27H,6,12H2,1-5H3,(H2,23,24,25). The lowest BCUT2D eigenvalue weighted by atomic mass is 9.98. The molecular formula is C21H27ClN5OPS. The van der Waals surface area contributed by atoms with Gasteiger partial charge in [0.05, 0.1) is 40.1 Å². The van der Waals surface area contributed by atoms with Gasteiger partial charge in [0.15, 0.2) is 0 Å². The molecule has 9 heteroatoms. The Bertz CT molecular complexity index is 1020. The van der Waals surface area contributed by atoms with E-state index in [1.807, 2.05) is 24.3 Å². The summed E-state index contributed by atoms with van der Waals surface area (Å²) in [6.45, 7) is 10.7. The van der Waals surface area contributed by atoms with Gasteiger partial charge in [-0.25, -0.2) is 15.0 Å². The molecule has 0 saturated heterocycles. The fraction of sp³-hybridized carbons (Fsp3) is 0.381. The maximum atomic E-state index is 6.79. The number of nitrogens with two attached hydrogens (primary N) is 1. The SMILES string of the molecule is CCCP(C)ONc1cccc(-c2nc(C(C)(C)C)sc2-c2ccnc(N)n2)c1Cl. The number of aromatic nitrogens is 3. The number of hydrogen-bond acceptors (Lipinski definition) is 7. The zero-order valence-corrected chi connectivity index (χ0v) is 20.3. The molecule has 2 aromatic heterocycles. The average Bonchev–Trinajstić information content (AvgIpc) is 3.13. The summed E-state index contributed by atoms with van der Waals surface area (Å²) >= 11 is 8.39. The van der Waals surface area contributed by atoms with E-state index in [0.29, 0.717) is 5.02 Å². The normalized spacial score (nSPS) is 12.7. The smallest absolute Gasteiger partial charge is 0.220 e. The molecular weight excluding hydrogens is 437 g/mol. The lowest BCUT2D eigenvalue weighted by molar-refractivity contribution is 0.452. The van der Waals surface area contributed by atoms with E-state index in [0.717, 1.165) is 45.1 Å². The van der Waals surface area contributed by atoms with Gasteiger partial charge in [-0.3, -0.25) is 10.1 Å². The molecule has 3 rings (SSSR count). The van der Waals surface area contributed by atoms with Crippen LogP contribution in [0.4, 0.5) is 11.6 Å².